The lowest BCUT2D eigenvalue weighted by molar-refractivity contribution is 0.100. The van der Waals surface area contributed by atoms with E-state index < -0.39 is 5.91 Å². The van der Waals surface area contributed by atoms with Crippen LogP contribution in [0.5, 0.6) is 11.5 Å². The van der Waals surface area contributed by atoms with Gasteiger partial charge in [-0.3, -0.25) is 4.79 Å². The molecule has 1 amide bonds. The van der Waals surface area contributed by atoms with Crippen LogP contribution in [0.15, 0.2) is 42.5 Å². The molecule has 0 aliphatic carbocycles. The number of benzene rings is 2. The van der Waals surface area contributed by atoms with Crippen molar-refractivity contribution in [3.05, 3.63) is 48.0 Å². The molecule has 2 aromatic carbocycles. The van der Waals surface area contributed by atoms with E-state index in [0.29, 0.717) is 24.5 Å². The van der Waals surface area contributed by atoms with E-state index in [4.69, 9.17) is 15.2 Å². The predicted octanol–water partition coefficient (Wildman–Crippen LogP) is 2.22. The fourth-order valence-corrected chi connectivity index (χ4v) is 2.16. The van der Waals surface area contributed by atoms with Crippen molar-refractivity contribution >= 4 is 5.91 Å². The molecule has 0 unspecified atom stereocenters. The molecule has 0 fully saturated rings. The lowest BCUT2D eigenvalue weighted by Gasteiger charge is -2.19. The van der Waals surface area contributed by atoms with Gasteiger partial charge >= 0.3 is 0 Å². The maximum atomic E-state index is 11.5. The van der Waals surface area contributed by atoms with E-state index >= 15 is 0 Å². The molecule has 0 atom stereocenters. The zero-order chi connectivity index (χ0) is 13.2. The van der Waals surface area contributed by atoms with Gasteiger partial charge in [0.25, 0.3) is 0 Å². The van der Waals surface area contributed by atoms with Gasteiger partial charge < -0.3 is 15.2 Å². The highest BCUT2D eigenvalue weighted by Gasteiger charge is 2.15. The van der Waals surface area contributed by atoms with E-state index in [2.05, 4.69) is 0 Å². The van der Waals surface area contributed by atoms with Crippen LogP contribution in [0.4, 0.5) is 0 Å². The Bertz CT molecular complexity index is 637. The molecule has 4 heteroatoms. The van der Waals surface area contributed by atoms with Gasteiger partial charge in [0.1, 0.15) is 13.2 Å². The Balaban J connectivity index is 2.10. The highest BCUT2D eigenvalue weighted by Crippen LogP contribution is 2.35. The van der Waals surface area contributed by atoms with Gasteiger partial charge in [-0.05, 0) is 29.3 Å². The quantitative estimate of drug-likeness (QED) is 0.895. The van der Waals surface area contributed by atoms with Crippen LogP contribution in [-0.2, 0) is 0 Å². The maximum Gasteiger partial charge on any atom is 0.249 e. The Hall–Kier alpha value is -2.49. The highest BCUT2D eigenvalue weighted by atomic mass is 16.6. The first-order valence-corrected chi connectivity index (χ1v) is 6.04. The van der Waals surface area contributed by atoms with Gasteiger partial charge in [-0.2, -0.15) is 0 Å². The largest absolute Gasteiger partial charge is 0.486 e. The van der Waals surface area contributed by atoms with E-state index in [0.717, 1.165) is 16.9 Å². The van der Waals surface area contributed by atoms with Crippen LogP contribution in [0.3, 0.4) is 0 Å². The molecule has 2 aromatic rings. The lowest BCUT2D eigenvalue weighted by Crippen LogP contribution is -2.15. The van der Waals surface area contributed by atoms with E-state index in [1.54, 1.807) is 12.1 Å². The molecule has 1 aliphatic rings. The lowest BCUT2D eigenvalue weighted by atomic mass is 9.99. The monoisotopic (exact) mass is 255 g/mol. The zero-order valence-corrected chi connectivity index (χ0v) is 10.3. The minimum Gasteiger partial charge on any atom is -0.486 e. The first kappa shape index (κ1) is 11.6. The second kappa shape index (κ2) is 4.65. The SMILES string of the molecule is NC(=O)c1ccccc1-c1ccc2c(c1)OCCO2. The molecule has 0 saturated carbocycles. The van der Waals surface area contributed by atoms with E-state index in [1.807, 2.05) is 30.3 Å². The fourth-order valence-electron chi connectivity index (χ4n) is 2.16. The number of rotatable bonds is 2. The summed E-state index contributed by atoms with van der Waals surface area (Å²) < 4.78 is 11.0. The van der Waals surface area contributed by atoms with Crippen LogP contribution >= 0.6 is 0 Å². The number of carbonyl (C=O) groups excluding carboxylic acids is 1. The topological polar surface area (TPSA) is 61.6 Å². The van der Waals surface area contributed by atoms with Crippen LogP contribution in [0.1, 0.15) is 10.4 Å². The molecule has 0 bridgehead atoms. The summed E-state index contributed by atoms with van der Waals surface area (Å²) in [5.74, 6) is 0.986. The van der Waals surface area contributed by atoms with E-state index in [9.17, 15) is 4.79 Å². The molecule has 4 nitrogen and oxygen atoms in total. The summed E-state index contributed by atoms with van der Waals surface area (Å²) >= 11 is 0. The van der Waals surface area contributed by atoms with Gasteiger partial charge in [0.15, 0.2) is 11.5 Å². The molecule has 2 N–H and O–H groups in total. The molecule has 0 radical (unpaired) electrons. The summed E-state index contributed by atoms with van der Waals surface area (Å²) in [6.07, 6.45) is 0. The molecule has 19 heavy (non-hydrogen) atoms. The number of hydrogen-bond acceptors (Lipinski definition) is 3. The summed E-state index contributed by atoms with van der Waals surface area (Å²) in [5.41, 5.74) is 7.58. The van der Waals surface area contributed by atoms with Gasteiger partial charge in [-0.1, -0.05) is 24.3 Å². The van der Waals surface area contributed by atoms with Crippen molar-refractivity contribution in [3.8, 4) is 22.6 Å². The summed E-state index contributed by atoms with van der Waals surface area (Å²) in [4.78, 5) is 11.5. The molecule has 96 valence electrons. The highest BCUT2D eigenvalue weighted by molar-refractivity contribution is 5.99. The van der Waals surface area contributed by atoms with Crippen LogP contribution in [0.2, 0.25) is 0 Å². The van der Waals surface area contributed by atoms with Crippen molar-refractivity contribution < 1.29 is 14.3 Å². The third-order valence-electron chi connectivity index (χ3n) is 3.05. The minimum absolute atomic E-state index is 0.439. The first-order chi connectivity index (χ1) is 9.25. The van der Waals surface area contributed by atoms with Crippen molar-refractivity contribution in [2.75, 3.05) is 13.2 Å². The number of ether oxygens (including phenoxy) is 2. The average Bonchev–Trinajstić information content (AvgIpc) is 2.46. The van der Waals surface area contributed by atoms with Gasteiger partial charge in [0.2, 0.25) is 5.91 Å². The Kier molecular flexibility index (Phi) is 2.83. The number of carbonyl (C=O) groups is 1. The molecule has 1 aliphatic heterocycles. The predicted molar refractivity (Wildman–Crippen MR) is 71.4 cm³/mol. The number of hydrogen-bond donors (Lipinski definition) is 1. The molecule has 0 spiro atoms. The molecular formula is C15H13NO3. The van der Waals surface area contributed by atoms with Crippen molar-refractivity contribution in [1.82, 2.24) is 0 Å². The zero-order valence-electron chi connectivity index (χ0n) is 10.3. The summed E-state index contributed by atoms with van der Waals surface area (Å²) in [7, 11) is 0. The smallest absolute Gasteiger partial charge is 0.249 e. The van der Waals surface area contributed by atoms with Crippen molar-refractivity contribution in [2.24, 2.45) is 5.73 Å². The molecule has 1 heterocycles. The van der Waals surface area contributed by atoms with E-state index in [-0.39, 0.29) is 0 Å². The van der Waals surface area contributed by atoms with Gasteiger partial charge in [0, 0.05) is 5.56 Å². The Morgan fingerprint density at radius 1 is 1.00 bits per heavy atom. The first-order valence-electron chi connectivity index (χ1n) is 6.04. The third-order valence-corrected chi connectivity index (χ3v) is 3.05. The summed E-state index contributed by atoms with van der Waals surface area (Å²) in [6.45, 7) is 1.10. The van der Waals surface area contributed by atoms with Crippen LogP contribution in [0.25, 0.3) is 11.1 Å². The Labute approximate surface area is 110 Å². The van der Waals surface area contributed by atoms with Crippen molar-refractivity contribution in [3.63, 3.8) is 0 Å². The van der Waals surface area contributed by atoms with Gasteiger partial charge in [0.05, 0.1) is 0 Å². The normalized spacial score (nSPS) is 13.1. The van der Waals surface area contributed by atoms with E-state index in [1.165, 1.54) is 0 Å². The number of primary amides is 1. The van der Waals surface area contributed by atoms with Crippen LogP contribution < -0.4 is 15.2 Å². The molecule has 0 saturated heterocycles. The second-order valence-electron chi connectivity index (χ2n) is 4.27. The maximum absolute atomic E-state index is 11.5. The van der Waals surface area contributed by atoms with Crippen LogP contribution in [0, 0.1) is 0 Å². The van der Waals surface area contributed by atoms with Gasteiger partial charge in [-0.15, -0.1) is 0 Å². The second-order valence-corrected chi connectivity index (χ2v) is 4.27. The fraction of sp³-hybridized carbons (Fsp3) is 0.133. The average molecular weight is 255 g/mol. The number of fused-ring (bicyclic) bond motifs is 1. The summed E-state index contributed by atoms with van der Waals surface area (Å²) in [6, 6.07) is 12.9. The number of amides is 1. The standard InChI is InChI=1S/C15H13NO3/c16-15(17)12-4-2-1-3-11(12)10-5-6-13-14(9-10)19-8-7-18-13/h1-6,9H,7-8H2,(H2,16,17). The van der Waals surface area contributed by atoms with Crippen molar-refractivity contribution in [2.45, 2.75) is 0 Å². The Morgan fingerprint density at radius 2 is 1.74 bits per heavy atom. The molecule has 0 aromatic heterocycles. The molecule has 3 rings (SSSR count). The minimum atomic E-state index is -0.439. The van der Waals surface area contributed by atoms with Crippen LogP contribution in [-0.4, -0.2) is 19.1 Å². The van der Waals surface area contributed by atoms with Gasteiger partial charge in [-0.25, -0.2) is 0 Å². The third kappa shape index (κ3) is 2.12. The van der Waals surface area contributed by atoms with Crippen molar-refractivity contribution in [1.29, 1.82) is 0 Å². The Morgan fingerprint density at radius 3 is 2.53 bits per heavy atom. The molecular weight excluding hydrogens is 242 g/mol. The number of nitrogens with two attached hydrogens (primary N) is 1. The summed E-state index contributed by atoms with van der Waals surface area (Å²) in [5, 5.41) is 0.